The highest BCUT2D eigenvalue weighted by molar-refractivity contribution is 7.89. The third kappa shape index (κ3) is 5.87. The number of carbonyl (C=O) groups excluding carboxylic acids is 1. The number of hydrogen-bond donors (Lipinski definition) is 2. The van der Waals surface area contributed by atoms with Gasteiger partial charge in [-0.1, -0.05) is 18.2 Å². The molecule has 1 amide bonds. The van der Waals surface area contributed by atoms with Crippen LogP contribution in [0.25, 0.3) is 11.1 Å². The van der Waals surface area contributed by atoms with E-state index in [4.69, 9.17) is 0 Å². The third-order valence-corrected chi connectivity index (χ3v) is 7.89. The number of benzene rings is 1. The lowest BCUT2D eigenvalue weighted by Crippen LogP contribution is -2.41. The summed E-state index contributed by atoms with van der Waals surface area (Å²) in [4.78, 5) is 21.2. The van der Waals surface area contributed by atoms with Gasteiger partial charge in [-0.05, 0) is 86.6 Å². The Kier molecular flexibility index (Phi) is 7.38. The monoisotopic (exact) mass is 478 g/mol. The fourth-order valence-electron chi connectivity index (χ4n) is 4.36. The van der Waals surface area contributed by atoms with E-state index in [1.807, 2.05) is 50.2 Å². The van der Waals surface area contributed by atoms with Gasteiger partial charge in [0.1, 0.15) is 0 Å². The number of sulfonamides is 1. The van der Waals surface area contributed by atoms with Gasteiger partial charge in [0.2, 0.25) is 15.9 Å². The molecule has 34 heavy (non-hydrogen) atoms. The summed E-state index contributed by atoms with van der Waals surface area (Å²) in [6, 6.07) is 14.3. The van der Waals surface area contributed by atoms with Gasteiger partial charge in [-0.15, -0.1) is 0 Å². The van der Waals surface area contributed by atoms with E-state index in [0.29, 0.717) is 25.7 Å². The van der Waals surface area contributed by atoms with Crippen molar-refractivity contribution in [2.75, 3.05) is 0 Å². The minimum Gasteiger partial charge on any atom is -0.349 e. The lowest BCUT2D eigenvalue weighted by Gasteiger charge is -2.29. The second-order valence-corrected chi connectivity index (χ2v) is 10.6. The number of aromatic nitrogens is 2. The second-order valence-electron chi connectivity index (χ2n) is 8.90. The number of rotatable bonds is 7. The quantitative estimate of drug-likeness (QED) is 0.531. The van der Waals surface area contributed by atoms with Gasteiger partial charge in [-0.25, -0.2) is 13.1 Å². The van der Waals surface area contributed by atoms with Gasteiger partial charge in [-0.3, -0.25) is 14.8 Å². The van der Waals surface area contributed by atoms with E-state index in [1.54, 1.807) is 30.7 Å². The lowest BCUT2D eigenvalue weighted by molar-refractivity contribution is -0.126. The van der Waals surface area contributed by atoms with E-state index < -0.39 is 10.0 Å². The molecule has 2 heterocycles. The zero-order valence-corrected chi connectivity index (χ0v) is 20.3. The van der Waals surface area contributed by atoms with Crippen LogP contribution in [-0.2, 0) is 14.8 Å². The van der Waals surface area contributed by atoms with Crippen LogP contribution in [0.15, 0.2) is 72.0 Å². The molecule has 2 N–H and O–H groups in total. The molecule has 2 aromatic heterocycles. The Labute approximate surface area is 201 Å². The minimum atomic E-state index is -3.63. The van der Waals surface area contributed by atoms with E-state index >= 15 is 0 Å². The van der Waals surface area contributed by atoms with Crippen molar-refractivity contribution < 1.29 is 13.2 Å². The van der Waals surface area contributed by atoms with Crippen molar-refractivity contribution in [3.8, 4) is 11.1 Å². The molecule has 0 bridgehead atoms. The molecule has 1 aliphatic rings. The molecule has 8 heteroatoms. The normalized spacial score (nSPS) is 19.4. The van der Waals surface area contributed by atoms with Crippen molar-refractivity contribution in [3.05, 3.63) is 78.4 Å². The number of nitrogens with zero attached hydrogens (tertiary/aromatic N) is 2. The van der Waals surface area contributed by atoms with Crippen molar-refractivity contribution in [2.24, 2.45) is 5.92 Å². The number of hydrogen-bond acceptors (Lipinski definition) is 5. The summed E-state index contributed by atoms with van der Waals surface area (Å²) in [6.45, 7) is 3.86. The highest BCUT2D eigenvalue weighted by Gasteiger charge is 2.29. The van der Waals surface area contributed by atoms with Gasteiger partial charge in [0.05, 0.1) is 10.9 Å². The summed E-state index contributed by atoms with van der Waals surface area (Å²) in [5.41, 5.74) is 3.81. The van der Waals surface area contributed by atoms with Crippen LogP contribution < -0.4 is 10.0 Å². The summed E-state index contributed by atoms with van der Waals surface area (Å²) in [7, 11) is -3.63. The first-order valence-electron chi connectivity index (χ1n) is 11.6. The highest BCUT2D eigenvalue weighted by Crippen LogP contribution is 2.27. The van der Waals surface area contributed by atoms with Crippen molar-refractivity contribution in [1.82, 2.24) is 20.0 Å². The average Bonchev–Trinajstić information content (AvgIpc) is 2.85. The molecule has 7 nitrogen and oxygen atoms in total. The molecule has 3 aromatic rings. The maximum atomic E-state index is 12.9. The standard InChI is InChI=1S/C26H30N4O3S/c1-18-16-22(13-15-28-18)20-7-11-25(12-8-20)34(32,33)30-24-9-5-21(6-10-24)26(31)29-19(2)23-4-3-14-27-17-23/h3-4,7-8,11-17,19,21,24,30H,5-6,9-10H2,1-2H3,(H,29,31)/t19-,21?,24?/m1/s1. The van der Waals surface area contributed by atoms with Crippen molar-refractivity contribution in [1.29, 1.82) is 0 Å². The molecule has 4 rings (SSSR count). The smallest absolute Gasteiger partial charge is 0.240 e. The zero-order chi connectivity index (χ0) is 24.1. The Hall–Kier alpha value is -3.10. The van der Waals surface area contributed by atoms with E-state index in [9.17, 15) is 13.2 Å². The maximum Gasteiger partial charge on any atom is 0.240 e. The predicted octanol–water partition coefficient (Wildman–Crippen LogP) is 4.17. The number of aryl methyl sites for hydroxylation is 1. The fraction of sp³-hybridized carbons (Fsp3) is 0.346. The first-order valence-corrected chi connectivity index (χ1v) is 13.1. The second kappa shape index (κ2) is 10.4. The summed E-state index contributed by atoms with van der Waals surface area (Å²) in [5, 5.41) is 3.06. The molecule has 0 spiro atoms. The lowest BCUT2D eigenvalue weighted by atomic mass is 9.85. The Bertz CT molecular complexity index is 1220. The molecule has 0 unspecified atom stereocenters. The molecule has 1 atom stereocenters. The Morgan fingerprint density at radius 3 is 2.38 bits per heavy atom. The van der Waals surface area contributed by atoms with Crippen molar-refractivity contribution in [2.45, 2.75) is 56.5 Å². The molecule has 1 fully saturated rings. The van der Waals surface area contributed by atoms with Gasteiger partial charge in [-0.2, -0.15) is 0 Å². The van der Waals surface area contributed by atoms with Gasteiger partial charge >= 0.3 is 0 Å². The Morgan fingerprint density at radius 1 is 1.00 bits per heavy atom. The Morgan fingerprint density at radius 2 is 1.74 bits per heavy atom. The molecular weight excluding hydrogens is 448 g/mol. The molecule has 0 saturated heterocycles. The van der Waals surface area contributed by atoms with E-state index in [-0.39, 0.29) is 28.8 Å². The predicted molar refractivity (Wildman–Crippen MR) is 131 cm³/mol. The molecule has 178 valence electrons. The van der Waals surface area contributed by atoms with E-state index in [0.717, 1.165) is 22.4 Å². The van der Waals surface area contributed by atoms with Gasteiger partial charge < -0.3 is 5.32 Å². The molecule has 0 aliphatic heterocycles. The third-order valence-electron chi connectivity index (χ3n) is 6.36. The van der Waals surface area contributed by atoms with Gasteiger partial charge in [0.15, 0.2) is 0 Å². The summed E-state index contributed by atoms with van der Waals surface area (Å²) in [5.74, 6) is -0.0948. The summed E-state index contributed by atoms with van der Waals surface area (Å²) in [6.07, 6.45) is 7.77. The van der Waals surface area contributed by atoms with Crippen LogP contribution in [0.4, 0.5) is 0 Å². The van der Waals surface area contributed by atoms with E-state index in [2.05, 4.69) is 20.0 Å². The SMILES string of the molecule is Cc1cc(-c2ccc(S(=O)(=O)NC3CCC(C(=O)N[C@H](C)c4cccnc4)CC3)cc2)ccn1. The first kappa shape index (κ1) is 24.0. The van der Waals surface area contributed by atoms with Crippen LogP contribution >= 0.6 is 0 Å². The van der Waals surface area contributed by atoms with Crippen molar-refractivity contribution >= 4 is 15.9 Å². The number of amides is 1. The summed E-state index contributed by atoms with van der Waals surface area (Å²) >= 11 is 0. The van der Waals surface area contributed by atoms with Crippen LogP contribution in [0, 0.1) is 12.8 Å². The molecule has 1 saturated carbocycles. The molecule has 1 aliphatic carbocycles. The van der Waals surface area contributed by atoms with Crippen LogP contribution in [0.5, 0.6) is 0 Å². The van der Waals surface area contributed by atoms with Crippen LogP contribution in [0.2, 0.25) is 0 Å². The molecule has 1 aromatic carbocycles. The highest BCUT2D eigenvalue weighted by atomic mass is 32.2. The Balaban J connectivity index is 1.31. The first-order chi connectivity index (χ1) is 16.3. The fourth-order valence-corrected chi connectivity index (χ4v) is 5.66. The molecular formula is C26H30N4O3S. The maximum absolute atomic E-state index is 12.9. The zero-order valence-electron chi connectivity index (χ0n) is 19.4. The minimum absolute atomic E-state index is 0.0135. The van der Waals surface area contributed by atoms with Crippen molar-refractivity contribution in [3.63, 3.8) is 0 Å². The number of pyridine rings is 2. The van der Waals surface area contributed by atoms with Gasteiger partial charge in [0.25, 0.3) is 0 Å². The van der Waals surface area contributed by atoms with Crippen LogP contribution in [0.3, 0.4) is 0 Å². The summed E-state index contributed by atoms with van der Waals surface area (Å²) < 4.78 is 28.7. The van der Waals surface area contributed by atoms with Crippen LogP contribution in [-0.4, -0.2) is 30.3 Å². The van der Waals surface area contributed by atoms with E-state index in [1.165, 1.54) is 0 Å². The average molecular weight is 479 g/mol. The number of carbonyl (C=O) groups is 1. The van der Waals surface area contributed by atoms with Crippen LogP contribution in [0.1, 0.15) is 49.9 Å². The number of nitrogens with one attached hydrogen (secondary N) is 2. The molecule has 0 radical (unpaired) electrons. The largest absolute Gasteiger partial charge is 0.349 e. The van der Waals surface area contributed by atoms with Gasteiger partial charge in [0, 0.05) is 36.2 Å². The topological polar surface area (TPSA) is 101 Å².